The topological polar surface area (TPSA) is 79.3 Å². The number of anilines is 1. The van der Waals surface area contributed by atoms with Crippen LogP contribution in [0.3, 0.4) is 0 Å². The summed E-state index contributed by atoms with van der Waals surface area (Å²) in [5, 5.41) is 10.1. The Bertz CT molecular complexity index is 1170. The number of carbonyl (C=O) groups is 1. The van der Waals surface area contributed by atoms with E-state index in [-0.39, 0.29) is 11.2 Å². The molecule has 6 heteroatoms. The second-order valence-electron chi connectivity index (χ2n) is 8.74. The maximum atomic E-state index is 13.5. The first-order valence-electron chi connectivity index (χ1n) is 10.1. The summed E-state index contributed by atoms with van der Waals surface area (Å²) >= 11 is 3.52. The number of nitrogens with zero attached hydrogens (tertiary/aromatic N) is 2. The minimum Gasteiger partial charge on any atom is -0.497 e. The first-order valence-corrected chi connectivity index (χ1v) is 10.9. The average Bonchev–Trinajstić information content (AvgIpc) is 2.72. The highest BCUT2D eigenvalue weighted by Crippen LogP contribution is 2.50. The van der Waals surface area contributed by atoms with Crippen molar-refractivity contribution in [1.29, 1.82) is 5.26 Å². The van der Waals surface area contributed by atoms with Crippen LogP contribution >= 0.6 is 15.9 Å². The molecule has 4 rings (SSSR count). The molecule has 2 aromatic rings. The number of hydrogen-bond acceptors (Lipinski definition) is 5. The van der Waals surface area contributed by atoms with Gasteiger partial charge in [-0.2, -0.15) is 5.26 Å². The van der Waals surface area contributed by atoms with Crippen LogP contribution in [0.1, 0.15) is 38.2 Å². The van der Waals surface area contributed by atoms with E-state index in [0.29, 0.717) is 35.6 Å². The van der Waals surface area contributed by atoms with Crippen LogP contribution in [0.2, 0.25) is 0 Å². The third-order valence-electron chi connectivity index (χ3n) is 5.87. The van der Waals surface area contributed by atoms with Crippen molar-refractivity contribution < 1.29 is 9.53 Å². The largest absolute Gasteiger partial charge is 0.497 e. The average molecular weight is 478 g/mol. The Balaban J connectivity index is 2.00. The number of methoxy groups -OCH3 is 1. The molecule has 0 radical (unpaired) electrons. The van der Waals surface area contributed by atoms with Crippen molar-refractivity contribution in [2.75, 3.05) is 12.0 Å². The smallest absolute Gasteiger partial charge is 0.162 e. The highest BCUT2D eigenvalue weighted by molar-refractivity contribution is 9.10. The summed E-state index contributed by atoms with van der Waals surface area (Å²) < 4.78 is 6.29. The molecule has 0 saturated heterocycles. The van der Waals surface area contributed by atoms with Gasteiger partial charge in [0.25, 0.3) is 0 Å². The van der Waals surface area contributed by atoms with Crippen molar-refractivity contribution in [2.45, 2.75) is 32.6 Å². The SMILES string of the molecule is COc1cccc(C2C(C#N)=C(N)N(c3cccc(Br)c3)C3=C2C(=O)CC(C)(C)C3)c1. The lowest BCUT2D eigenvalue weighted by Crippen LogP contribution is -2.42. The van der Waals surface area contributed by atoms with Gasteiger partial charge in [-0.05, 0) is 47.7 Å². The van der Waals surface area contributed by atoms with Crippen molar-refractivity contribution >= 4 is 27.4 Å². The van der Waals surface area contributed by atoms with Crippen molar-refractivity contribution in [2.24, 2.45) is 11.1 Å². The van der Waals surface area contributed by atoms with E-state index in [1.165, 1.54) is 0 Å². The Morgan fingerprint density at radius 3 is 2.61 bits per heavy atom. The van der Waals surface area contributed by atoms with E-state index in [2.05, 4.69) is 35.8 Å². The Morgan fingerprint density at radius 2 is 1.94 bits per heavy atom. The molecule has 2 aliphatic rings. The van der Waals surface area contributed by atoms with Crippen LogP contribution in [0.15, 0.2) is 75.7 Å². The number of nitrogens with two attached hydrogens (primary N) is 1. The summed E-state index contributed by atoms with van der Waals surface area (Å²) in [5.74, 6) is 0.576. The number of hydrogen-bond donors (Lipinski definition) is 1. The molecule has 31 heavy (non-hydrogen) atoms. The van der Waals surface area contributed by atoms with Gasteiger partial charge in [-0.15, -0.1) is 0 Å². The predicted molar refractivity (Wildman–Crippen MR) is 124 cm³/mol. The molecule has 0 bridgehead atoms. The normalized spacial score (nSPS) is 20.4. The lowest BCUT2D eigenvalue weighted by molar-refractivity contribution is -0.118. The van der Waals surface area contributed by atoms with Crippen LogP contribution in [0.5, 0.6) is 5.75 Å². The molecule has 1 aliphatic carbocycles. The highest BCUT2D eigenvalue weighted by atomic mass is 79.9. The molecular formula is C25H24BrN3O2. The summed E-state index contributed by atoms with van der Waals surface area (Å²) in [6, 6.07) is 17.6. The third-order valence-corrected chi connectivity index (χ3v) is 6.37. The zero-order valence-electron chi connectivity index (χ0n) is 17.8. The molecule has 0 fully saturated rings. The maximum absolute atomic E-state index is 13.5. The summed E-state index contributed by atoms with van der Waals surface area (Å²) in [4.78, 5) is 15.4. The molecule has 5 nitrogen and oxygen atoms in total. The first kappa shape index (κ1) is 21.2. The van der Waals surface area contributed by atoms with Gasteiger partial charge in [-0.25, -0.2) is 0 Å². The molecule has 1 atom stereocenters. The fraction of sp³-hybridized carbons (Fsp3) is 0.280. The monoisotopic (exact) mass is 477 g/mol. The van der Waals surface area contributed by atoms with Crippen molar-refractivity contribution in [3.05, 3.63) is 81.2 Å². The number of allylic oxidation sites excluding steroid dienone is 3. The van der Waals surface area contributed by atoms with Gasteiger partial charge in [0.1, 0.15) is 11.6 Å². The Kier molecular flexibility index (Phi) is 5.40. The number of nitriles is 1. The number of benzene rings is 2. The second kappa shape index (κ2) is 7.90. The molecule has 1 aliphatic heterocycles. The molecule has 0 aromatic heterocycles. The molecule has 2 aromatic carbocycles. The van der Waals surface area contributed by atoms with Crippen molar-refractivity contribution in [1.82, 2.24) is 0 Å². The molecule has 1 unspecified atom stereocenters. The van der Waals surface area contributed by atoms with Crippen molar-refractivity contribution in [3.63, 3.8) is 0 Å². The van der Waals surface area contributed by atoms with E-state index < -0.39 is 5.92 Å². The van der Waals surface area contributed by atoms with Crippen LogP contribution in [0, 0.1) is 16.7 Å². The predicted octanol–water partition coefficient (Wildman–Crippen LogP) is 5.40. The van der Waals surface area contributed by atoms with Gasteiger partial charge < -0.3 is 10.5 Å². The second-order valence-corrected chi connectivity index (χ2v) is 9.65. The molecule has 158 valence electrons. The number of rotatable bonds is 3. The number of Topliss-reactive ketones (excluding diaryl/α,β-unsaturated/α-hetero) is 1. The highest BCUT2D eigenvalue weighted by Gasteiger charge is 2.44. The number of halogens is 1. The summed E-state index contributed by atoms with van der Waals surface area (Å²) in [6.07, 6.45) is 1.11. The summed E-state index contributed by atoms with van der Waals surface area (Å²) in [6.45, 7) is 4.18. The number of ketones is 1. The Labute approximate surface area is 190 Å². The fourth-order valence-corrected chi connectivity index (χ4v) is 4.96. The molecule has 1 heterocycles. The lowest BCUT2D eigenvalue weighted by atomic mass is 9.68. The molecule has 0 saturated carbocycles. The zero-order valence-corrected chi connectivity index (χ0v) is 19.4. The van der Waals surface area contributed by atoms with Crippen LogP contribution in [0.4, 0.5) is 5.69 Å². The van der Waals surface area contributed by atoms with Gasteiger partial charge in [0.2, 0.25) is 0 Å². The van der Waals surface area contributed by atoms with E-state index in [0.717, 1.165) is 21.4 Å². The maximum Gasteiger partial charge on any atom is 0.162 e. The van der Waals surface area contributed by atoms with Crippen LogP contribution in [-0.4, -0.2) is 12.9 Å². The van der Waals surface area contributed by atoms with E-state index in [1.54, 1.807) is 7.11 Å². The minimum absolute atomic E-state index is 0.0549. The molecular weight excluding hydrogens is 454 g/mol. The van der Waals surface area contributed by atoms with Gasteiger partial charge in [-0.1, -0.05) is 48.0 Å². The quantitative estimate of drug-likeness (QED) is 0.639. The molecule has 0 spiro atoms. The van der Waals surface area contributed by atoms with Gasteiger partial charge in [-0.3, -0.25) is 9.69 Å². The van der Waals surface area contributed by atoms with Crippen molar-refractivity contribution in [3.8, 4) is 11.8 Å². The Hall–Kier alpha value is -3.04. The van der Waals surface area contributed by atoms with E-state index in [4.69, 9.17) is 10.5 Å². The van der Waals surface area contributed by atoms with E-state index in [9.17, 15) is 10.1 Å². The molecule has 2 N–H and O–H groups in total. The summed E-state index contributed by atoms with van der Waals surface area (Å²) in [5.41, 5.74) is 9.98. The third kappa shape index (κ3) is 3.75. The van der Waals surface area contributed by atoms with Crippen LogP contribution < -0.4 is 15.4 Å². The number of ether oxygens (including phenoxy) is 1. The first-order chi connectivity index (χ1) is 14.8. The standard InChI is InChI=1S/C25H24BrN3O2/c1-25(2)12-20-23(21(30)13-25)22(15-6-4-9-18(10-15)31-3)19(14-27)24(28)29(20)17-8-5-7-16(26)11-17/h4-11,22H,12-13,28H2,1-3H3. The van der Waals surface area contributed by atoms with E-state index >= 15 is 0 Å². The zero-order chi connectivity index (χ0) is 22.3. The number of carbonyl (C=O) groups excluding carboxylic acids is 1. The van der Waals surface area contributed by atoms with Gasteiger partial charge in [0, 0.05) is 27.9 Å². The van der Waals surface area contributed by atoms with Gasteiger partial charge in [0.15, 0.2) is 5.78 Å². The Morgan fingerprint density at radius 1 is 1.19 bits per heavy atom. The molecule has 0 amide bonds. The van der Waals surface area contributed by atoms with Crippen LogP contribution in [-0.2, 0) is 4.79 Å². The lowest BCUT2D eigenvalue weighted by Gasteiger charge is -2.43. The van der Waals surface area contributed by atoms with E-state index in [1.807, 2.05) is 53.4 Å². The minimum atomic E-state index is -0.512. The summed E-state index contributed by atoms with van der Waals surface area (Å²) in [7, 11) is 1.60. The van der Waals surface area contributed by atoms with Crippen LogP contribution in [0.25, 0.3) is 0 Å². The van der Waals surface area contributed by atoms with Gasteiger partial charge >= 0.3 is 0 Å². The fourth-order valence-electron chi connectivity index (χ4n) is 4.57. The van der Waals surface area contributed by atoms with Gasteiger partial charge in [0.05, 0.1) is 24.7 Å².